The first kappa shape index (κ1) is 17.4. The molecule has 1 aromatic heterocycles. The van der Waals surface area contributed by atoms with Gasteiger partial charge in [0.05, 0.1) is 15.1 Å². The maximum atomic E-state index is 12.3. The summed E-state index contributed by atoms with van der Waals surface area (Å²) in [5.74, 6) is 0.276. The number of rotatable bonds is 5. The van der Waals surface area contributed by atoms with Crippen molar-refractivity contribution >= 4 is 42.4 Å². The molecule has 130 valence electrons. The second-order valence-electron chi connectivity index (χ2n) is 5.48. The van der Waals surface area contributed by atoms with Crippen LogP contribution in [0.3, 0.4) is 0 Å². The van der Waals surface area contributed by atoms with E-state index in [4.69, 9.17) is 4.74 Å². The van der Waals surface area contributed by atoms with Crippen LogP contribution in [0.1, 0.15) is 6.92 Å². The predicted octanol–water partition coefficient (Wildman–Crippen LogP) is 3.11. The van der Waals surface area contributed by atoms with Crippen molar-refractivity contribution in [2.75, 3.05) is 11.6 Å². The molecule has 3 aromatic rings. The Morgan fingerprint density at radius 3 is 2.60 bits per heavy atom. The Hall–Kier alpha value is -2.45. The van der Waals surface area contributed by atoms with Crippen LogP contribution in [-0.2, 0) is 14.6 Å². The third-order valence-electron chi connectivity index (χ3n) is 3.44. The van der Waals surface area contributed by atoms with E-state index in [1.807, 2.05) is 18.2 Å². The number of nitrogens with one attached hydrogen (secondary N) is 1. The van der Waals surface area contributed by atoms with Gasteiger partial charge in [0, 0.05) is 6.26 Å². The Bertz CT molecular complexity index is 1010. The summed E-state index contributed by atoms with van der Waals surface area (Å²) in [7, 11) is -3.28. The van der Waals surface area contributed by atoms with E-state index in [2.05, 4.69) is 10.3 Å². The highest BCUT2D eigenvalue weighted by molar-refractivity contribution is 7.90. The van der Waals surface area contributed by atoms with Crippen LogP contribution >= 0.6 is 11.3 Å². The molecule has 0 fully saturated rings. The molecular weight excluding hydrogens is 360 g/mol. The van der Waals surface area contributed by atoms with Crippen LogP contribution in [0.2, 0.25) is 0 Å². The van der Waals surface area contributed by atoms with Crippen molar-refractivity contribution in [2.45, 2.75) is 17.9 Å². The van der Waals surface area contributed by atoms with Gasteiger partial charge in [-0.15, -0.1) is 0 Å². The van der Waals surface area contributed by atoms with Gasteiger partial charge in [0.25, 0.3) is 5.91 Å². The Balaban J connectivity index is 1.75. The smallest absolute Gasteiger partial charge is 0.266 e. The highest BCUT2D eigenvalue weighted by Crippen LogP contribution is 2.28. The van der Waals surface area contributed by atoms with Crippen molar-refractivity contribution in [3.8, 4) is 5.75 Å². The molecule has 0 aliphatic heterocycles. The summed E-state index contributed by atoms with van der Waals surface area (Å²) in [4.78, 5) is 16.8. The number of carbonyl (C=O) groups excluding carboxylic acids is 1. The number of sulfone groups is 1. The van der Waals surface area contributed by atoms with Gasteiger partial charge in [0.1, 0.15) is 5.75 Å². The molecule has 1 heterocycles. The van der Waals surface area contributed by atoms with Crippen LogP contribution in [0.25, 0.3) is 10.2 Å². The van der Waals surface area contributed by atoms with Gasteiger partial charge in [-0.2, -0.15) is 0 Å². The molecule has 0 spiro atoms. The van der Waals surface area contributed by atoms with E-state index in [0.29, 0.717) is 21.1 Å². The summed E-state index contributed by atoms with van der Waals surface area (Å²) >= 11 is 1.22. The molecule has 1 unspecified atom stereocenters. The van der Waals surface area contributed by atoms with Gasteiger partial charge >= 0.3 is 0 Å². The molecule has 6 nitrogen and oxygen atoms in total. The van der Waals surface area contributed by atoms with E-state index in [0.717, 1.165) is 6.26 Å². The van der Waals surface area contributed by atoms with Gasteiger partial charge in [-0.1, -0.05) is 29.5 Å². The first-order valence-corrected chi connectivity index (χ1v) is 10.2. The van der Waals surface area contributed by atoms with Gasteiger partial charge in [0.15, 0.2) is 21.1 Å². The van der Waals surface area contributed by atoms with Crippen LogP contribution in [0.4, 0.5) is 5.13 Å². The zero-order valence-corrected chi connectivity index (χ0v) is 15.2. The van der Waals surface area contributed by atoms with Crippen LogP contribution in [-0.4, -0.2) is 31.7 Å². The quantitative estimate of drug-likeness (QED) is 0.739. The lowest BCUT2D eigenvalue weighted by Crippen LogP contribution is -2.30. The number of amides is 1. The topological polar surface area (TPSA) is 85.4 Å². The van der Waals surface area contributed by atoms with Gasteiger partial charge < -0.3 is 4.74 Å². The van der Waals surface area contributed by atoms with E-state index < -0.39 is 15.9 Å². The molecule has 1 N–H and O–H groups in total. The lowest BCUT2D eigenvalue weighted by molar-refractivity contribution is -0.122. The number of carbonyl (C=O) groups is 1. The van der Waals surface area contributed by atoms with E-state index in [1.165, 1.54) is 17.4 Å². The van der Waals surface area contributed by atoms with Gasteiger partial charge in [-0.3, -0.25) is 10.1 Å². The van der Waals surface area contributed by atoms with Crippen molar-refractivity contribution in [1.82, 2.24) is 4.98 Å². The van der Waals surface area contributed by atoms with Crippen molar-refractivity contribution in [3.05, 3.63) is 48.5 Å². The SMILES string of the molecule is CC(Oc1ccccc1)C(=O)Nc1nc2ccc(S(C)(=O)=O)cc2s1. The number of thiazole rings is 1. The average molecular weight is 376 g/mol. The minimum atomic E-state index is -3.28. The number of hydrogen-bond donors (Lipinski definition) is 1. The number of fused-ring (bicyclic) bond motifs is 1. The summed E-state index contributed by atoms with van der Waals surface area (Å²) in [5, 5.41) is 3.10. The predicted molar refractivity (Wildman–Crippen MR) is 97.9 cm³/mol. The Labute approximate surface area is 149 Å². The summed E-state index contributed by atoms with van der Waals surface area (Å²) in [5.41, 5.74) is 0.629. The van der Waals surface area contributed by atoms with E-state index in [-0.39, 0.29) is 10.8 Å². The Morgan fingerprint density at radius 1 is 1.20 bits per heavy atom. The molecule has 0 saturated heterocycles. The summed E-state index contributed by atoms with van der Waals surface area (Å²) in [6, 6.07) is 13.7. The average Bonchev–Trinajstić information content (AvgIpc) is 2.96. The Kier molecular flexibility index (Phi) is 4.73. The number of anilines is 1. The molecular formula is C17H16N2O4S2. The highest BCUT2D eigenvalue weighted by Gasteiger charge is 2.17. The minimum absolute atomic E-state index is 0.224. The molecule has 0 aliphatic carbocycles. The first-order valence-electron chi connectivity index (χ1n) is 7.46. The fourth-order valence-electron chi connectivity index (χ4n) is 2.15. The molecule has 0 aliphatic rings. The maximum absolute atomic E-state index is 12.3. The van der Waals surface area contributed by atoms with Crippen LogP contribution < -0.4 is 10.1 Å². The highest BCUT2D eigenvalue weighted by atomic mass is 32.2. The monoisotopic (exact) mass is 376 g/mol. The number of aromatic nitrogens is 1. The number of benzene rings is 2. The maximum Gasteiger partial charge on any atom is 0.266 e. The van der Waals surface area contributed by atoms with Gasteiger partial charge in [0.2, 0.25) is 0 Å². The molecule has 0 bridgehead atoms. The fourth-order valence-corrected chi connectivity index (χ4v) is 3.78. The lowest BCUT2D eigenvalue weighted by Gasteiger charge is -2.13. The zero-order chi connectivity index (χ0) is 18.0. The van der Waals surface area contributed by atoms with E-state index in [1.54, 1.807) is 31.2 Å². The number of ether oxygens (including phenoxy) is 1. The standard InChI is InChI=1S/C17H16N2O4S2/c1-11(23-12-6-4-3-5-7-12)16(20)19-17-18-14-9-8-13(25(2,21)22)10-15(14)24-17/h3-11H,1-2H3,(H,18,19,20). The third-order valence-corrected chi connectivity index (χ3v) is 5.49. The van der Waals surface area contributed by atoms with Crippen molar-refractivity contribution < 1.29 is 17.9 Å². The zero-order valence-electron chi connectivity index (χ0n) is 13.6. The largest absolute Gasteiger partial charge is 0.481 e. The number of hydrogen-bond acceptors (Lipinski definition) is 6. The van der Waals surface area contributed by atoms with Crippen LogP contribution in [0.5, 0.6) is 5.75 Å². The molecule has 2 aromatic carbocycles. The second-order valence-corrected chi connectivity index (χ2v) is 8.53. The molecule has 8 heteroatoms. The fraction of sp³-hybridized carbons (Fsp3) is 0.176. The van der Waals surface area contributed by atoms with Crippen molar-refractivity contribution in [3.63, 3.8) is 0 Å². The van der Waals surface area contributed by atoms with Crippen molar-refractivity contribution in [1.29, 1.82) is 0 Å². The normalized spacial score (nSPS) is 12.7. The molecule has 1 amide bonds. The van der Waals surface area contributed by atoms with E-state index in [9.17, 15) is 13.2 Å². The molecule has 3 rings (SSSR count). The summed E-state index contributed by atoms with van der Waals surface area (Å²) in [6.45, 7) is 1.65. The van der Waals surface area contributed by atoms with Crippen molar-refractivity contribution in [2.24, 2.45) is 0 Å². The minimum Gasteiger partial charge on any atom is -0.481 e. The third kappa shape index (κ3) is 4.15. The second kappa shape index (κ2) is 6.81. The summed E-state index contributed by atoms with van der Waals surface area (Å²) in [6.07, 6.45) is 0.460. The van der Waals surface area contributed by atoms with Gasteiger partial charge in [-0.05, 0) is 37.3 Å². The lowest BCUT2D eigenvalue weighted by atomic mass is 10.3. The number of para-hydroxylation sites is 1. The molecule has 0 radical (unpaired) electrons. The van der Waals surface area contributed by atoms with Crippen LogP contribution in [0, 0.1) is 0 Å². The molecule has 25 heavy (non-hydrogen) atoms. The number of nitrogens with zero attached hydrogens (tertiary/aromatic N) is 1. The Morgan fingerprint density at radius 2 is 1.92 bits per heavy atom. The summed E-state index contributed by atoms with van der Waals surface area (Å²) < 4.78 is 29.5. The van der Waals surface area contributed by atoms with Gasteiger partial charge in [-0.25, -0.2) is 13.4 Å². The molecule has 1 atom stereocenters. The first-order chi connectivity index (χ1) is 11.8. The van der Waals surface area contributed by atoms with Crippen LogP contribution in [0.15, 0.2) is 53.4 Å². The molecule has 0 saturated carbocycles. The van der Waals surface area contributed by atoms with E-state index >= 15 is 0 Å².